The Morgan fingerprint density at radius 3 is 2.37 bits per heavy atom. The van der Waals surface area contributed by atoms with Gasteiger partial charge in [-0.05, 0) is 72.0 Å². The van der Waals surface area contributed by atoms with Crippen LogP contribution < -0.4 is 10.1 Å². The number of amides is 1. The predicted molar refractivity (Wildman–Crippen MR) is 147 cm³/mol. The number of aliphatic hydroxyl groups is 3. The van der Waals surface area contributed by atoms with E-state index in [-0.39, 0.29) is 22.0 Å². The Bertz CT molecular complexity index is 1560. The first-order chi connectivity index (χ1) is 19.3. The quantitative estimate of drug-likeness (QED) is 0.299. The number of rotatable bonds is 7. The van der Waals surface area contributed by atoms with Crippen LogP contribution in [0.3, 0.4) is 0 Å². The van der Waals surface area contributed by atoms with Crippen molar-refractivity contribution in [2.45, 2.75) is 56.3 Å². The highest BCUT2D eigenvalue weighted by Gasteiger charge is 2.46. The van der Waals surface area contributed by atoms with Crippen LogP contribution in [0.2, 0.25) is 0 Å². The van der Waals surface area contributed by atoms with Crippen molar-refractivity contribution in [3.63, 3.8) is 0 Å². The third-order valence-electron chi connectivity index (χ3n) is 6.87. The summed E-state index contributed by atoms with van der Waals surface area (Å²) in [6.45, 7) is 4.10. The molecule has 0 saturated carbocycles. The molecule has 0 bridgehead atoms. The molecule has 2 aromatic rings. The molecule has 1 fully saturated rings. The standard InChI is InChI=1S/C29H31NO10S/c1-15-12-18(33)8-10-20(15)25(22-6-4-5-7-24(22)41(36,37)38)21-11-9-19(13-16(21)2)39-29-26(30-17(3)32)28(35)27(34)23(14-31)40-29/h4-13,23,26-29,31,34-35H,14H2,1-3H3,(H,30,32)(H,36,37,38)/b25-20+/t23-,26-,27-,28-,29-/m1/s1. The van der Waals surface area contributed by atoms with E-state index in [4.69, 9.17) is 9.47 Å². The molecule has 1 aliphatic heterocycles. The lowest BCUT2D eigenvalue weighted by molar-refractivity contribution is -0.244. The Balaban J connectivity index is 1.80. The zero-order valence-electron chi connectivity index (χ0n) is 22.5. The van der Waals surface area contributed by atoms with Gasteiger partial charge in [-0.25, -0.2) is 0 Å². The molecule has 1 aliphatic carbocycles. The maximum atomic E-state index is 12.3. The van der Waals surface area contributed by atoms with E-state index in [1.807, 2.05) is 0 Å². The summed E-state index contributed by atoms with van der Waals surface area (Å²) in [7, 11) is -4.61. The highest BCUT2D eigenvalue weighted by Crippen LogP contribution is 2.38. The lowest BCUT2D eigenvalue weighted by Gasteiger charge is -2.42. The fourth-order valence-corrected chi connectivity index (χ4v) is 5.64. The molecule has 2 aromatic carbocycles. The SMILES string of the molecule is CC(=O)N[C@H]1[C@H](Oc2ccc(/C(=C3/C=CC(=O)C=C3C)c3ccccc3S(=O)(=O)O)c(C)c2)O[C@H](CO)[C@@H](O)[C@@H]1O. The number of ketones is 1. The van der Waals surface area contributed by atoms with Crippen molar-refractivity contribution in [2.24, 2.45) is 0 Å². The molecule has 1 heterocycles. The van der Waals surface area contributed by atoms with Crippen LogP contribution in [0, 0.1) is 6.92 Å². The molecule has 2 aliphatic rings. The smallest absolute Gasteiger partial charge is 0.295 e. The number of aliphatic hydroxyl groups excluding tert-OH is 3. The van der Waals surface area contributed by atoms with E-state index in [1.165, 1.54) is 31.2 Å². The van der Waals surface area contributed by atoms with Gasteiger partial charge in [-0.15, -0.1) is 0 Å². The van der Waals surface area contributed by atoms with Crippen LogP contribution >= 0.6 is 0 Å². The molecule has 5 atom stereocenters. The first kappa shape index (κ1) is 30.3. The summed E-state index contributed by atoms with van der Waals surface area (Å²) < 4.78 is 46.2. The summed E-state index contributed by atoms with van der Waals surface area (Å²) in [6.07, 6.45) is -1.00. The van der Waals surface area contributed by atoms with E-state index in [1.54, 1.807) is 50.3 Å². The minimum atomic E-state index is -4.61. The molecule has 41 heavy (non-hydrogen) atoms. The van der Waals surface area contributed by atoms with E-state index in [2.05, 4.69) is 5.32 Å². The maximum absolute atomic E-state index is 12.3. The number of nitrogens with one attached hydrogen (secondary N) is 1. The zero-order chi connectivity index (χ0) is 30.1. The van der Waals surface area contributed by atoms with Crippen molar-refractivity contribution in [1.29, 1.82) is 0 Å². The third kappa shape index (κ3) is 6.48. The number of hydrogen-bond acceptors (Lipinski definition) is 9. The van der Waals surface area contributed by atoms with E-state index >= 15 is 0 Å². The van der Waals surface area contributed by atoms with Gasteiger partial charge in [-0.2, -0.15) is 8.42 Å². The Morgan fingerprint density at radius 1 is 1.05 bits per heavy atom. The zero-order valence-corrected chi connectivity index (χ0v) is 23.3. The molecule has 4 rings (SSSR count). The van der Waals surface area contributed by atoms with Gasteiger partial charge in [0.1, 0.15) is 35.0 Å². The van der Waals surface area contributed by atoms with Crippen molar-refractivity contribution in [1.82, 2.24) is 5.32 Å². The summed E-state index contributed by atoms with van der Waals surface area (Å²) in [5, 5.41) is 32.9. The molecule has 1 amide bonds. The van der Waals surface area contributed by atoms with Gasteiger partial charge in [0, 0.05) is 12.5 Å². The second kappa shape index (κ2) is 12.1. The van der Waals surface area contributed by atoms with Gasteiger partial charge in [0.15, 0.2) is 5.78 Å². The van der Waals surface area contributed by atoms with Gasteiger partial charge in [-0.1, -0.05) is 30.3 Å². The van der Waals surface area contributed by atoms with Gasteiger partial charge in [0.2, 0.25) is 12.2 Å². The van der Waals surface area contributed by atoms with Crippen LogP contribution in [0.15, 0.2) is 76.7 Å². The van der Waals surface area contributed by atoms with Crippen molar-refractivity contribution in [2.75, 3.05) is 6.61 Å². The molecule has 0 spiro atoms. The topological polar surface area (TPSA) is 180 Å². The Hall–Kier alpha value is -3.65. The number of benzene rings is 2. The fourth-order valence-electron chi connectivity index (χ4n) is 4.95. The highest BCUT2D eigenvalue weighted by atomic mass is 32.2. The monoisotopic (exact) mass is 585 g/mol. The van der Waals surface area contributed by atoms with Crippen LogP contribution in [0.4, 0.5) is 0 Å². The van der Waals surface area contributed by atoms with E-state index in [9.17, 15) is 37.9 Å². The van der Waals surface area contributed by atoms with Gasteiger partial charge >= 0.3 is 0 Å². The van der Waals surface area contributed by atoms with Crippen molar-refractivity contribution in [3.05, 3.63) is 88.5 Å². The van der Waals surface area contributed by atoms with Gasteiger partial charge in [0.25, 0.3) is 10.1 Å². The van der Waals surface area contributed by atoms with Crippen LogP contribution in [-0.2, 0) is 24.4 Å². The highest BCUT2D eigenvalue weighted by molar-refractivity contribution is 7.86. The van der Waals surface area contributed by atoms with Crippen molar-refractivity contribution < 1.29 is 47.4 Å². The molecular weight excluding hydrogens is 554 g/mol. The number of aryl methyl sites for hydroxylation is 1. The van der Waals surface area contributed by atoms with Crippen LogP contribution in [0.25, 0.3) is 5.57 Å². The van der Waals surface area contributed by atoms with E-state index in [0.29, 0.717) is 27.8 Å². The first-order valence-electron chi connectivity index (χ1n) is 12.7. The third-order valence-corrected chi connectivity index (χ3v) is 7.78. The van der Waals surface area contributed by atoms with Crippen molar-refractivity contribution >= 4 is 27.4 Å². The molecule has 1 saturated heterocycles. The average Bonchev–Trinajstić information content (AvgIpc) is 2.90. The molecule has 0 radical (unpaired) electrons. The lowest BCUT2D eigenvalue weighted by atomic mass is 9.85. The number of carbonyl (C=O) groups excluding carboxylic acids is 2. The maximum Gasteiger partial charge on any atom is 0.295 e. The molecule has 218 valence electrons. The summed E-state index contributed by atoms with van der Waals surface area (Å²) in [6, 6.07) is 9.67. The molecular formula is C29H31NO10S. The number of ether oxygens (including phenoxy) is 2. The Labute approximate surface area is 237 Å². The normalized spacial score (nSPS) is 25.9. The molecule has 12 heteroatoms. The number of allylic oxidation sites excluding steroid dienone is 5. The summed E-state index contributed by atoms with van der Waals surface area (Å²) in [5.74, 6) is -0.464. The molecule has 11 nitrogen and oxygen atoms in total. The van der Waals surface area contributed by atoms with E-state index in [0.717, 1.165) is 0 Å². The lowest BCUT2D eigenvalue weighted by Crippen LogP contribution is -2.65. The van der Waals surface area contributed by atoms with Gasteiger partial charge in [-0.3, -0.25) is 14.1 Å². The van der Waals surface area contributed by atoms with Gasteiger partial charge < -0.3 is 30.1 Å². The minimum Gasteiger partial charge on any atom is -0.463 e. The van der Waals surface area contributed by atoms with Crippen LogP contribution in [0.5, 0.6) is 5.75 Å². The Kier molecular flexibility index (Phi) is 8.92. The summed E-state index contributed by atoms with van der Waals surface area (Å²) >= 11 is 0. The summed E-state index contributed by atoms with van der Waals surface area (Å²) in [4.78, 5) is 23.4. The predicted octanol–water partition coefficient (Wildman–Crippen LogP) is 1.45. The molecule has 0 aromatic heterocycles. The fraction of sp³-hybridized carbons (Fsp3) is 0.310. The van der Waals surface area contributed by atoms with E-state index < -0.39 is 53.3 Å². The number of carbonyl (C=O) groups is 2. The van der Waals surface area contributed by atoms with Crippen LogP contribution in [-0.4, -0.2) is 77.2 Å². The number of hydrogen-bond donors (Lipinski definition) is 5. The largest absolute Gasteiger partial charge is 0.463 e. The second-order valence-electron chi connectivity index (χ2n) is 9.85. The molecule has 5 N–H and O–H groups in total. The average molecular weight is 586 g/mol. The summed E-state index contributed by atoms with van der Waals surface area (Å²) in [5.41, 5.74) is 3.01. The molecule has 0 unspecified atom stereocenters. The minimum absolute atomic E-state index is 0.219. The first-order valence-corrected chi connectivity index (χ1v) is 14.1. The van der Waals surface area contributed by atoms with Crippen molar-refractivity contribution in [3.8, 4) is 5.75 Å². The van der Waals surface area contributed by atoms with Gasteiger partial charge in [0.05, 0.1) is 6.61 Å². The second-order valence-corrected chi connectivity index (χ2v) is 11.2. The Morgan fingerprint density at radius 2 is 1.76 bits per heavy atom. The van der Waals surface area contributed by atoms with Crippen LogP contribution in [0.1, 0.15) is 30.5 Å².